The van der Waals surface area contributed by atoms with E-state index in [2.05, 4.69) is 26.6 Å². The number of rotatable bonds is 6. The summed E-state index contributed by atoms with van der Waals surface area (Å²) in [7, 11) is 3.26. The smallest absolute Gasteiger partial charge is 0.170 e. The zero-order valence-electron chi connectivity index (χ0n) is 13.4. The van der Waals surface area contributed by atoms with E-state index in [9.17, 15) is 0 Å². The Bertz CT molecular complexity index is 728. The first-order chi connectivity index (χ1) is 11.5. The highest BCUT2D eigenvalue weighted by Gasteiger charge is 2.09. The van der Waals surface area contributed by atoms with Crippen LogP contribution in [-0.2, 0) is 6.42 Å². The van der Waals surface area contributed by atoms with Gasteiger partial charge in [-0.3, -0.25) is 0 Å². The van der Waals surface area contributed by atoms with Gasteiger partial charge in [-0.25, -0.2) is 0 Å². The van der Waals surface area contributed by atoms with E-state index < -0.39 is 0 Å². The molecule has 2 aromatic rings. The highest BCUT2D eigenvalue weighted by Crippen LogP contribution is 2.30. The van der Waals surface area contributed by atoms with E-state index in [0.29, 0.717) is 16.7 Å². The Labute approximate surface area is 160 Å². The van der Waals surface area contributed by atoms with Crippen molar-refractivity contribution in [3.8, 4) is 11.5 Å². The van der Waals surface area contributed by atoms with Crippen molar-refractivity contribution in [1.82, 2.24) is 5.32 Å². The summed E-state index contributed by atoms with van der Waals surface area (Å²) in [5.41, 5.74) is 1.89. The van der Waals surface area contributed by atoms with Crippen LogP contribution in [0.4, 0.5) is 5.69 Å². The molecule has 0 aromatic heterocycles. The van der Waals surface area contributed by atoms with Crippen LogP contribution in [0.2, 0.25) is 5.02 Å². The van der Waals surface area contributed by atoms with E-state index in [-0.39, 0.29) is 0 Å². The molecule has 0 spiro atoms. The highest BCUT2D eigenvalue weighted by atomic mass is 79.9. The first-order valence-corrected chi connectivity index (χ1v) is 8.83. The average molecular weight is 430 g/mol. The molecular weight excluding hydrogens is 412 g/mol. The van der Waals surface area contributed by atoms with Crippen LogP contribution in [0.1, 0.15) is 5.56 Å². The number of hydrogen-bond donors (Lipinski definition) is 2. The number of halogens is 2. The maximum atomic E-state index is 6.07. The third-order valence-corrected chi connectivity index (χ3v) is 4.82. The second kappa shape index (κ2) is 9.11. The van der Waals surface area contributed by atoms with E-state index in [1.165, 1.54) is 0 Å². The number of thiocarbonyl (C=S) groups is 1. The van der Waals surface area contributed by atoms with Gasteiger partial charge in [0.2, 0.25) is 0 Å². The van der Waals surface area contributed by atoms with Gasteiger partial charge in [-0.05, 0) is 64.4 Å². The summed E-state index contributed by atoms with van der Waals surface area (Å²) in [5, 5.41) is 7.44. The first-order valence-electron chi connectivity index (χ1n) is 7.25. The average Bonchev–Trinajstić information content (AvgIpc) is 2.57. The molecule has 0 aliphatic rings. The van der Waals surface area contributed by atoms with Gasteiger partial charge in [0.1, 0.15) is 0 Å². The van der Waals surface area contributed by atoms with Crippen molar-refractivity contribution in [2.45, 2.75) is 6.42 Å². The van der Waals surface area contributed by atoms with Gasteiger partial charge in [0, 0.05) is 16.7 Å². The fourth-order valence-electron chi connectivity index (χ4n) is 2.21. The summed E-state index contributed by atoms with van der Waals surface area (Å²) < 4.78 is 11.6. The SMILES string of the molecule is COc1cccc(CCNC(=S)Nc2ccc(Br)c(Cl)c2)c1OC. The van der Waals surface area contributed by atoms with Crippen LogP contribution in [-0.4, -0.2) is 25.9 Å². The molecule has 24 heavy (non-hydrogen) atoms. The van der Waals surface area contributed by atoms with Crippen LogP contribution in [0.15, 0.2) is 40.9 Å². The van der Waals surface area contributed by atoms with Crippen molar-refractivity contribution in [2.75, 3.05) is 26.1 Å². The maximum absolute atomic E-state index is 6.07. The first kappa shape index (κ1) is 18.8. The van der Waals surface area contributed by atoms with Gasteiger partial charge in [-0.15, -0.1) is 0 Å². The molecule has 0 atom stereocenters. The molecular formula is C17H18BrClN2O2S. The van der Waals surface area contributed by atoms with Crippen LogP contribution in [0, 0.1) is 0 Å². The molecule has 0 aliphatic carbocycles. The molecule has 128 valence electrons. The molecule has 2 aromatic carbocycles. The Morgan fingerprint density at radius 3 is 2.67 bits per heavy atom. The number of anilines is 1. The maximum Gasteiger partial charge on any atom is 0.170 e. The molecule has 0 radical (unpaired) electrons. The van der Waals surface area contributed by atoms with Crippen molar-refractivity contribution in [3.63, 3.8) is 0 Å². The van der Waals surface area contributed by atoms with Crippen molar-refractivity contribution >= 4 is 50.5 Å². The fourth-order valence-corrected chi connectivity index (χ4v) is 2.86. The van der Waals surface area contributed by atoms with Gasteiger partial charge in [0.05, 0.1) is 19.2 Å². The standard InChI is InChI=1S/C17H18BrClN2O2S/c1-22-15-5-3-4-11(16(15)23-2)8-9-20-17(24)21-12-6-7-13(18)14(19)10-12/h3-7,10H,8-9H2,1-2H3,(H2,20,21,24). The predicted molar refractivity (Wildman–Crippen MR) is 107 cm³/mol. The molecule has 0 saturated heterocycles. The quantitative estimate of drug-likeness (QED) is 0.654. The molecule has 2 N–H and O–H groups in total. The summed E-state index contributed by atoms with van der Waals surface area (Å²) in [6.45, 7) is 0.666. The summed E-state index contributed by atoms with van der Waals surface area (Å²) in [4.78, 5) is 0. The topological polar surface area (TPSA) is 42.5 Å². The molecule has 7 heteroatoms. The van der Waals surface area contributed by atoms with Gasteiger partial charge >= 0.3 is 0 Å². The van der Waals surface area contributed by atoms with Crippen LogP contribution in [0.5, 0.6) is 11.5 Å². The minimum absolute atomic E-state index is 0.537. The van der Waals surface area contributed by atoms with Crippen LogP contribution in [0.3, 0.4) is 0 Å². The third-order valence-electron chi connectivity index (χ3n) is 3.34. The molecule has 0 amide bonds. The molecule has 0 bridgehead atoms. The zero-order chi connectivity index (χ0) is 17.5. The van der Waals surface area contributed by atoms with Crippen molar-refractivity contribution in [1.29, 1.82) is 0 Å². The van der Waals surface area contributed by atoms with Crippen LogP contribution < -0.4 is 20.1 Å². The van der Waals surface area contributed by atoms with Crippen LogP contribution >= 0.6 is 39.7 Å². The molecule has 0 aliphatic heterocycles. The Kier molecular flexibility index (Phi) is 7.15. The molecule has 0 unspecified atom stereocenters. The van der Waals surface area contributed by atoms with Gasteiger partial charge in [0.15, 0.2) is 16.6 Å². The molecule has 2 rings (SSSR count). The van der Waals surface area contributed by atoms with Gasteiger partial charge in [-0.2, -0.15) is 0 Å². The second-order valence-corrected chi connectivity index (χ2v) is 6.58. The number of methoxy groups -OCH3 is 2. The Morgan fingerprint density at radius 2 is 2.00 bits per heavy atom. The van der Waals surface area contributed by atoms with Crippen molar-refractivity contribution in [2.24, 2.45) is 0 Å². The predicted octanol–water partition coefficient (Wildman–Crippen LogP) is 4.65. The van der Waals surface area contributed by atoms with Crippen LogP contribution in [0.25, 0.3) is 0 Å². The number of ether oxygens (including phenoxy) is 2. The summed E-state index contributed by atoms with van der Waals surface area (Å²) in [6, 6.07) is 11.4. The monoisotopic (exact) mass is 428 g/mol. The highest BCUT2D eigenvalue weighted by molar-refractivity contribution is 9.10. The van der Waals surface area contributed by atoms with E-state index in [1.807, 2.05) is 36.4 Å². The van der Waals surface area contributed by atoms with E-state index in [0.717, 1.165) is 33.6 Å². The Morgan fingerprint density at radius 1 is 1.21 bits per heavy atom. The number of nitrogens with one attached hydrogen (secondary N) is 2. The fraction of sp³-hybridized carbons (Fsp3) is 0.235. The molecule has 4 nitrogen and oxygen atoms in total. The van der Waals surface area contributed by atoms with Gasteiger partial charge < -0.3 is 20.1 Å². The van der Waals surface area contributed by atoms with E-state index in [1.54, 1.807) is 14.2 Å². The lowest BCUT2D eigenvalue weighted by Gasteiger charge is -2.14. The summed E-state index contributed by atoms with van der Waals surface area (Å²) >= 11 is 14.7. The summed E-state index contributed by atoms with van der Waals surface area (Å²) in [6.07, 6.45) is 0.753. The minimum Gasteiger partial charge on any atom is -0.493 e. The minimum atomic E-state index is 0.537. The Balaban J connectivity index is 1.90. The molecule has 0 fully saturated rings. The largest absolute Gasteiger partial charge is 0.493 e. The normalized spacial score (nSPS) is 10.2. The second-order valence-electron chi connectivity index (χ2n) is 4.91. The van der Waals surface area contributed by atoms with Gasteiger partial charge in [-0.1, -0.05) is 23.7 Å². The molecule has 0 saturated carbocycles. The van der Waals surface area contributed by atoms with Crippen molar-refractivity contribution < 1.29 is 9.47 Å². The number of para-hydroxylation sites is 1. The summed E-state index contributed by atoms with van der Waals surface area (Å²) in [5.74, 6) is 1.47. The lowest BCUT2D eigenvalue weighted by molar-refractivity contribution is 0.351. The lowest BCUT2D eigenvalue weighted by Crippen LogP contribution is -2.30. The number of benzene rings is 2. The van der Waals surface area contributed by atoms with E-state index >= 15 is 0 Å². The van der Waals surface area contributed by atoms with E-state index in [4.69, 9.17) is 33.3 Å². The van der Waals surface area contributed by atoms with Gasteiger partial charge in [0.25, 0.3) is 0 Å². The number of hydrogen-bond acceptors (Lipinski definition) is 3. The third kappa shape index (κ3) is 5.00. The molecule has 0 heterocycles. The Hall–Kier alpha value is -1.50. The lowest BCUT2D eigenvalue weighted by atomic mass is 10.1. The zero-order valence-corrected chi connectivity index (χ0v) is 16.5. The van der Waals surface area contributed by atoms with Crippen molar-refractivity contribution in [3.05, 3.63) is 51.5 Å².